The Kier molecular flexibility index (Phi) is 4.77. The molecule has 0 heterocycles. The number of hydrogen-bond acceptors (Lipinski definition) is 3. The summed E-state index contributed by atoms with van der Waals surface area (Å²) >= 11 is 0. The molecule has 1 atom stereocenters. The lowest BCUT2D eigenvalue weighted by Gasteiger charge is -2.30. The van der Waals surface area contributed by atoms with Gasteiger partial charge in [0.1, 0.15) is 0 Å². The maximum atomic E-state index is 12.3. The second-order valence-corrected chi connectivity index (χ2v) is 5.46. The summed E-state index contributed by atoms with van der Waals surface area (Å²) in [5.41, 5.74) is 1.07. The van der Waals surface area contributed by atoms with Gasteiger partial charge in [0.25, 0.3) is 0 Å². The van der Waals surface area contributed by atoms with Crippen molar-refractivity contribution in [2.75, 3.05) is 0 Å². The van der Waals surface area contributed by atoms with Gasteiger partial charge in [-0.05, 0) is 37.7 Å². The highest BCUT2D eigenvalue weighted by Crippen LogP contribution is 2.36. The fraction of sp³-hybridized carbons (Fsp3) is 0.500. The monoisotopic (exact) mass is 274 g/mol. The molecule has 0 saturated heterocycles. The van der Waals surface area contributed by atoms with Crippen LogP contribution < -0.4 is 5.11 Å². The second kappa shape index (κ2) is 6.55. The van der Waals surface area contributed by atoms with Gasteiger partial charge in [-0.1, -0.05) is 30.3 Å². The minimum Gasteiger partial charge on any atom is -0.550 e. The van der Waals surface area contributed by atoms with E-state index in [0.717, 1.165) is 18.4 Å². The fourth-order valence-corrected chi connectivity index (χ4v) is 2.43. The quantitative estimate of drug-likeness (QED) is 0.754. The van der Waals surface area contributed by atoms with Crippen molar-refractivity contribution in [1.82, 2.24) is 4.90 Å². The summed E-state index contributed by atoms with van der Waals surface area (Å²) in [6.45, 7) is 2.60. The summed E-state index contributed by atoms with van der Waals surface area (Å²) in [6, 6.07) is 9.97. The molecule has 0 N–H and O–H groups in total. The minimum atomic E-state index is -1.17. The average Bonchev–Trinajstić information content (AvgIpc) is 3.27. The summed E-state index contributed by atoms with van der Waals surface area (Å²) in [7, 11) is 0. The average molecular weight is 274 g/mol. The number of rotatable bonds is 7. The molecule has 108 valence electrons. The van der Waals surface area contributed by atoms with Crippen molar-refractivity contribution in [3.8, 4) is 0 Å². The highest BCUT2D eigenvalue weighted by atomic mass is 16.4. The van der Waals surface area contributed by atoms with Crippen LogP contribution >= 0.6 is 0 Å². The SMILES string of the molecule is C[C@H](C1CC1)N(Cc1ccccc1)C(=O)CCC(=O)[O-]. The molecule has 1 saturated carbocycles. The molecule has 0 spiro atoms. The van der Waals surface area contributed by atoms with E-state index < -0.39 is 5.97 Å². The van der Waals surface area contributed by atoms with Crippen molar-refractivity contribution >= 4 is 11.9 Å². The molecule has 4 nitrogen and oxygen atoms in total. The van der Waals surface area contributed by atoms with Crippen molar-refractivity contribution in [3.63, 3.8) is 0 Å². The standard InChI is InChI=1S/C16H21NO3/c1-12(14-7-8-14)17(15(18)9-10-16(19)20)11-13-5-3-2-4-6-13/h2-6,12,14H,7-11H2,1H3,(H,19,20)/p-1/t12-/m1/s1. The molecule has 1 aliphatic rings. The predicted octanol–water partition coefficient (Wildman–Crippen LogP) is 1.34. The molecule has 1 aromatic carbocycles. The van der Waals surface area contributed by atoms with E-state index in [1.165, 1.54) is 0 Å². The molecule has 4 heteroatoms. The Morgan fingerprint density at radius 3 is 2.45 bits per heavy atom. The number of hydrogen-bond donors (Lipinski definition) is 0. The van der Waals surface area contributed by atoms with Gasteiger partial charge in [-0.15, -0.1) is 0 Å². The number of carboxylic acid groups (broad SMARTS) is 1. The van der Waals surface area contributed by atoms with Gasteiger partial charge in [0.15, 0.2) is 0 Å². The second-order valence-electron chi connectivity index (χ2n) is 5.46. The fourth-order valence-electron chi connectivity index (χ4n) is 2.43. The minimum absolute atomic E-state index is 0.0201. The third-order valence-corrected chi connectivity index (χ3v) is 3.85. The molecule has 20 heavy (non-hydrogen) atoms. The van der Waals surface area contributed by atoms with Crippen LogP contribution in [-0.2, 0) is 16.1 Å². The van der Waals surface area contributed by atoms with Gasteiger partial charge in [0.2, 0.25) is 5.91 Å². The molecule has 0 unspecified atom stereocenters. The molecule has 1 aromatic rings. The molecule has 0 aromatic heterocycles. The Morgan fingerprint density at radius 2 is 1.90 bits per heavy atom. The maximum absolute atomic E-state index is 12.3. The van der Waals surface area contributed by atoms with Gasteiger partial charge in [-0.2, -0.15) is 0 Å². The molecule has 1 aliphatic carbocycles. The Hall–Kier alpha value is -1.84. The van der Waals surface area contributed by atoms with Crippen LogP contribution in [0.1, 0.15) is 38.2 Å². The van der Waals surface area contributed by atoms with Crippen LogP contribution in [0.2, 0.25) is 0 Å². The van der Waals surface area contributed by atoms with Crippen molar-refractivity contribution in [2.24, 2.45) is 5.92 Å². The van der Waals surface area contributed by atoms with E-state index >= 15 is 0 Å². The van der Waals surface area contributed by atoms with Gasteiger partial charge in [0, 0.05) is 25.0 Å². The summed E-state index contributed by atoms with van der Waals surface area (Å²) in [5, 5.41) is 10.5. The van der Waals surface area contributed by atoms with E-state index in [-0.39, 0.29) is 24.8 Å². The number of nitrogens with zero attached hydrogens (tertiary/aromatic N) is 1. The van der Waals surface area contributed by atoms with Crippen molar-refractivity contribution in [2.45, 2.75) is 45.2 Å². The first kappa shape index (κ1) is 14.6. The number of aliphatic carboxylic acids is 1. The van der Waals surface area contributed by atoms with Gasteiger partial charge in [-0.25, -0.2) is 0 Å². The number of carboxylic acids is 1. The Bertz CT molecular complexity index is 468. The molecule has 1 amide bonds. The number of carbonyl (C=O) groups is 2. The van der Waals surface area contributed by atoms with Crippen molar-refractivity contribution < 1.29 is 14.7 Å². The number of amides is 1. The van der Waals surface area contributed by atoms with Gasteiger partial charge in [-0.3, -0.25) is 4.79 Å². The lowest BCUT2D eigenvalue weighted by atomic mass is 10.1. The van der Waals surface area contributed by atoms with Crippen LogP contribution in [0.4, 0.5) is 0 Å². The summed E-state index contributed by atoms with van der Waals surface area (Å²) in [5.74, 6) is -0.708. The maximum Gasteiger partial charge on any atom is 0.223 e. The molecule has 1 fully saturated rings. The largest absolute Gasteiger partial charge is 0.550 e. The molecule has 0 aliphatic heterocycles. The number of carbonyl (C=O) groups excluding carboxylic acids is 2. The van der Waals surface area contributed by atoms with E-state index in [1.54, 1.807) is 0 Å². The molecular formula is C16H20NO3-. The smallest absolute Gasteiger partial charge is 0.223 e. The van der Waals surface area contributed by atoms with Gasteiger partial charge >= 0.3 is 0 Å². The zero-order chi connectivity index (χ0) is 14.5. The lowest BCUT2D eigenvalue weighted by molar-refractivity contribution is -0.305. The van der Waals surface area contributed by atoms with E-state index in [2.05, 4.69) is 6.92 Å². The van der Waals surface area contributed by atoms with Crippen molar-refractivity contribution in [3.05, 3.63) is 35.9 Å². The Labute approximate surface area is 119 Å². The highest BCUT2D eigenvalue weighted by molar-refractivity contribution is 5.80. The van der Waals surface area contributed by atoms with Crippen molar-refractivity contribution in [1.29, 1.82) is 0 Å². The van der Waals surface area contributed by atoms with Crippen LogP contribution in [0.25, 0.3) is 0 Å². The van der Waals surface area contributed by atoms with E-state index in [4.69, 9.17) is 0 Å². The van der Waals surface area contributed by atoms with Crippen LogP contribution in [-0.4, -0.2) is 22.8 Å². The Morgan fingerprint density at radius 1 is 1.25 bits per heavy atom. The zero-order valence-corrected chi connectivity index (χ0v) is 11.7. The van der Waals surface area contributed by atoms with Crippen LogP contribution in [0.15, 0.2) is 30.3 Å². The third kappa shape index (κ3) is 4.08. The number of benzene rings is 1. The summed E-state index contributed by atoms with van der Waals surface area (Å²) in [4.78, 5) is 24.6. The van der Waals surface area contributed by atoms with Crippen LogP contribution in [0, 0.1) is 5.92 Å². The summed E-state index contributed by atoms with van der Waals surface area (Å²) < 4.78 is 0. The lowest BCUT2D eigenvalue weighted by Crippen LogP contribution is -2.40. The first-order valence-electron chi connectivity index (χ1n) is 7.11. The first-order valence-corrected chi connectivity index (χ1v) is 7.11. The van der Waals surface area contributed by atoms with E-state index in [1.807, 2.05) is 35.2 Å². The molecular weight excluding hydrogens is 254 g/mol. The third-order valence-electron chi connectivity index (χ3n) is 3.85. The zero-order valence-electron chi connectivity index (χ0n) is 11.7. The Balaban J connectivity index is 2.03. The molecule has 0 bridgehead atoms. The predicted molar refractivity (Wildman–Crippen MR) is 73.4 cm³/mol. The van der Waals surface area contributed by atoms with E-state index in [9.17, 15) is 14.7 Å². The highest BCUT2D eigenvalue weighted by Gasteiger charge is 2.33. The molecule has 2 rings (SSSR count). The van der Waals surface area contributed by atoms with Gasteiger partial charge < -0.3 is 14.8 Å². The topological polar surface area (TPSA) is 60.4 Å². The first-order chi connectivity index (χ1) is 9.58. The molecule has 0 radical (unpaired) electrons. The normalized spacial score (nSPS) is 15.7. The van der Waals surface area contributed by atoms with E-state index in [0.29, 0.717) is 12.5 Å². The van der Waals surface area contributed by atoms with Crippen LogP contribution in [0.3, 0.4) is 0 Å². The van der Waals surface area contributed by atoms with Gasteiger partial charge in [0.05, 0.1) is 0 Å². The summed E-state index contributed by atoms with van der Waals surface area (Å²) in [6.07, 6.45) is 2.12. The van der Waals surface area contributed by atoms with Crippen LogP contribution in [0.5, 0.6) is 0 Å².